The standard InChI is InChI=1S/C23H27N5O4S/c1-26-20-18(22(30)27(2)23(26)31)21(33-14-17(29)28-12-6-4-5-7-13-28)25-19(24-20)15-8-10-16(32-3)11-9-15/h8-11H,4-7,12-14H2,1-3H3. The largest absolute Gasteiger partial charge is 0.497 e. The summed E-state index contributed by atoms with van der Waals surface area (Å²) in [5.74, 6) is 1.26. The van der Waals surface area contributed by atoms with Crippen LogP contribution >= 0.6 is 11.8 Å². The molecule has 0 unspecified atom stereocenters. The van der Waals surface area contributed by atoms with E-state index in [4.69, 9.17) is 4.74 Å². The Morgan fingerprint density at radius 1 is 1.00 bits per heavy atom. The molecule has 174 valence electrons. The Bertz CT molecular complexity index is 1290. The first-order chi connectivity index (χ1) is 15.9. The molecule has 33 heavy (non-hydrogen) atoms. The number of rotatable bonds is 5. The van der Waals surface area contributed by atoms with Crippen LogP contribution in [-0.2, 0) is 18.9 Å². The van der Waals surface area contributed by atoms with Crippen molar-refractivity contribution in [3.8, 4) is 17.1 Å². The minimum atomic E-state index is -0.473. The van der Waals surface area contributed by atoms with Gasteiger partial charge in [0.25, 0.3) is 5.56 Å². The monoisotopic (exact) mass is 469 g/mol. The van der Waals surface area contributed by atoms with E-state index in [1.54, 1.807) is 26.3 Å². The summed E-state index contributed by atoms with van der Waals surface area (Å²) in [6.07, 6.45) is 4.31. The molecule has 1 fully saturated rings. The summed E-state index contributed by atoms with van der Waals surface area (Å²) in [6.45, 7) is 1.52. The number of hydrogen-bond acceptors (Lipinski definition) is 7. The van der Waals surface area contributed by atoms with Crippen LogP contribution in [-0.4, -0.2) is 55.9 Å². The summed E-state index contributed by atoms with van der Waals surface area (Å²) in [5, 5.41) is 0.635. The highest BCUT2D eigenvalue weighted by Crippen LogP contribution is 2.27. The number of carbonyl (C=O) groups is 1. The van der Waals surface area contributed by atoms with Crippen LogP contribution in [0.4, 0.5) is 0 Å². The fourth-order valence-electron chi connectivity index (χ4n) is 3.94. The zero-order valence-corrected chi connectivity index (χ0v) is 19.9. The Balaban J connectivity index is 1.77. The van der Waals surface area contributed by atoms with Crippen LogP contribution in [0, 0.1) is 0 Å². The molecule has 1 aliphatic heterocycles. The van der Waals surface area contributed by atoms with Crippen LogP contribution in [0.2, 0.25) is 0 Å². The normalized spacial score (nSPS) is 14.3. The van der Waals surface area contributed by atoms with E-state index in [9.17, 15) is 14.4 Å². The van der Waals surface area contributed by atoms with Crippen LogP contribution in [0.5, 0.6) is 5.75 Å². The van der Waals surface area contributed by atoms with Gasteiger partial charge in [-0.15, -0.1) is 0 Å². The van der Waals surface area contributed by atoms with Gasteiger partial charge in [-0.25, -0.2) is 14.8 Å². The van der Waals surface area contributed by atoms with Crippen molar-refractivity contribution in [1.29, 1.82) is 0 Å². The Morgan fingerprint density at radius 2 is 1.67 bits per heavy atom. The number of fused-ring (bicyclic) bond motifs is 1. The molecule has 10 heteroatoms. The van der Waals surface area contributed by atoms with Gasteiger partial charge in [0.15, 0.2) is 11.5 Å². The van der Waals surface area contributed by atoms with Gasteiger partial charge in [0.2, 0.25) is 5.91 Å². The van der Waals surface area contributed by atoms with Crippen molar-refractivity contribution in [2.75, 3.05) is 26.0 Å². The van der Waals surface area contributed by atoms with Gasteiger partial charge in [0.05, 0.1) is 12.9 Å². The summed E-state index contributed by atoms with van der Waals surface area (Å²) < 4.78 is 7.60. The predicted octanol–water partition coefficient (Wildman–Crippen LogP) is 2.20. The molecule has 0 bridgehead atoms. The molecular weight excluding hydrogens is 442 g/mol. The number of benzene rings is 1. The Morgan fingerprint density at radius 3 is 2.30 bits per heavy atom. The van der Waals surface area contributed by atoms with Gasteiger partial charge in [-0.2, -0.15) is 0 Å². The number of ether oxygens (including phenoxy) is 1. The van der Waals surface area contributed by atoms with Crippen molar-refractivity contribution in [1.82, 2.24) is 24.0 Å². The Hall–Kier alpha value is -3.14. The average molecular weight is 470 g/mol. The molecule has 3 aromatic rings. The van der Waals surface area contributed by atoms with E-state index in [2.05, 4.69) is 9.97 Å². The van der Waals surface area contributed by atoms with E-state index >= 15 is 0 Å². The Kier molecular flexibility index (Phi) is 6.83. The number of amides is 1. The van der Waals surface area contributed by atoms with E-state index in [0.717, 1.165) is 43.3 Å². The summed E-state index contributed by atoms with van der Waals surface area (Å²) in [7, 11) is 4.59. The van der Waals surface area contributed by atoms with Crippen molar-refractivity contribution in [3.63, 3.8) is 0 Å². The number of thioether (sulfide) groups is 1. The van der Waals surface area contributed by atoms with Gasteiger partial charge < -0.3 is 9.64 Å². The maximum Gasteiger partial charge on any atom is 0.332 e. The van der Waals surface area contributed by atoms with Crippen molar-refractivity contribution in [2.45, 2.75) is 30.7 Å². The number of hydrogen-bond donors (Lipinski definition) is 0. The smallest absolute Gasteiger partial charge is 0.332 e. The zero-order chi connectivity index (χ0) is 23.5. The zero-order valence-electron chi connectivity index (χ0n) is 19.0. The quantitative estimate of drug-likeness (QED) is 0.417. The van der Waals surface area contributed by atoms with Crippen molar-refractivity contribution in [2.24, 2.45) is 14.1 Å². The summed E-state index contributed by atoms with van der Waals surface area (Å²) >= 11 is 1.22. The third-order valence-electron chi connectivity index (χ3n) is 5.91. The van der Waals surface area contributed by atoms with Crippen molar-refractivity contribution < 1.29 is 9.53 Å². The van der Waals surface area contributed by atoms with Crippen LogP contribution in [0.3, 0.4) is 0 Å². The second-order valence-corrected chi connectivity index (χ2v) is 9.03. The van der Waals surface area contributed by atoms with E-state index in [0.29, 0.717) is 22.2 Å². The molecule has 0 aliphatic carbocycles. The number of likely N-dealkylation sites (tertiary alicyclic amines) is 1. The van der Waals surface area contributed by atoms with Gasteiger partial charge in [-0.05, 0) is 37.1 Å². The minimum absolute atomic E-state index is 0.0290. The summed E-state index contributed by atoms with van der Waals surface area (Å²) in [4.78, 5) is 49.5. The molecule has 1 amide bonds. The van der Waals surface area contributed by atoms with Gasteiger partial charge >= 0.3 is 5.69 Å². The highest BCUT2D eigenvalue weighted by atomic mass is 32.2. The lowest BCUT2D eigenvalue weighted by atomic mass is 10.2. The van der Waals surface area contributed by atoms with Crippen LogP contribution in [0.1, 0.15) is 25.7 Å². The van der Waals surface area contributed by atoms with E-state index in [-0.39, 0.29) is 22.7 Å². The van der Waals surface area contributed by atoms with Crippen LogP contribution < -0.4 is 16.0 Å². The third-order valence-corrected chi connectivity index (χ3v) is 6.87. The topological polar surface area (TPSA) is 99.3 Å². The third kappa shape index (κ3) is 4.66. The molecule has 1 aliphatic rings. The maximum absolute atomic E-state index is 13.0. The fraction of sp³-hybridized carbons (Fsp3) is 0.435. The average Bonchev–Trinajstić information content (AvgIpc) is 3.14. The van der Waals surface area contributed by atoms with Crippen LogP contribution in [0.25, 0.3) is 22.4 Å². The molecule has 0 spiro atoms. The first-order valence-corrected chi connectivity index (χ1v) is 11.9. The summed E-state index contributed by atoms with van der Waals surface area (Å²) in [5.41, 5.74) is 0.0164. The molecule has 0 atom stereocenters. The molecule has 1 saturated heterocycles. The van der Waals surface area contributed by atoms with E-state index < -0.39 is 11.2 Å². The first kappa shape index (κ1) is 23.0. The SMILES string of the molecule is COc1ccc(-c2nc(SCC(=O)N3CCCCCC3)c3c(=O)n(C)c(=O)n(C)c3n2)cc1. The highest BCUT2D eigenvalue weighted by Gasteiger charge is 2.21. The molecule has 3 heterocycles. The second kappa shape index (κ2) is 9.78. The van der Waals surface area contributed by atoms with Gasteiger partial charge in [-0.1, -0.05) is 24.6 Å². The lowest BCUT2D eigenvalue weighted by Crippen LogP contribution is -2.38. The second-order valence-electron chi connectivity index (χ2n) is 8.07. The predicted molar refractivity (Wildman–Crippen MR) is 128 cm³/mol. The van der Waals surface area contributed by atoms with Gasteiger partial charge in [-0.3, -0.25) is 18.7 Å². The number of nitrogens with zero attached hydrogens (tertiary/aromatic N) is 5. The molecule has 9 nitrogen and oxygen atoms in total. The molecule has 0 radical (unpaired) electrons. The molecule has 0 N–H and O–H groups in total. The minimum Gasteiger partial charge on any atom is -0.497 e. The fourth-order valence-corrected chi connectivity index (χ4v) is 4.86. The molecular formula is C23H27N5O4S. The first-order valence-electron chi connectivity index (χ1n) is 10.9. The molecule has 4 rings (SSSR count). The molecule has 2 aromatic heterocycles. The van der Waals surface area contributed by atoms with Gasteiger partial charge in [0.1, 0.15) is 16.2 Å². The van der Waals surface area contributed by atoms with Crippen molar-refractivity contribution in [3.05, 3.63) is 45.1 Å². The number of aromatic nitrogens is 4. The number of carbonyl (C=O) groups excluding carboxylic acids is 1. The number of aryl methyl sites for hydroxylation is 1. The number of methoxy groups -OCH3 is 1. The van der Waals surface area contributed by atoms with E-state index in [1.807, 2.05) is 17.0 Å². The lowest BCUT2D eigenvalue weighted by molar-refractivity contribution is -0.128. The maximum atomic E-state index is 13.0. The highest BCUT2D eigenvalue weighted by molar-refractivity contribution is 8.00. The molecule has 0 saturated carbocycles. The van der Waals surface area contributed by atoms with E-state index in [1.165, 1.54) is 23.4 Å². The lowest BCUT2D eigenvalue weighted by Gasteiger charge is -2.20. The summed E-state index contributed by atoms with van der Waals surface area (Å²) in [6, 6.07) is 7.22. The van der Waals surface area contributed by atoms with Crippen molar-refractivity contribution >= 4 is 28.7 Å². The van der Waals surface area contributed by atoms with Crippen LogP contribution in [0.15, 0.2) is 38.9 Å². The van der Waals surface area contributed by atoms with Gasteiger partial charge in [0, 0.05) is 32.7 Å². The Labute approximate surface area is 195 Å². The molecule has 1 aromatic carbocycles.